The minimum Gasteiger partial charge on any atom is -0.195 e. The monoisotopic (exact) mass is 286 g/mol. The Bertz CT molecular complexity index is 151. The van der Waals surface area contributed by atoms with E-state index in [0.29, 0.717) is 0 Å². The number of rotatable bonds is 0. The maximum absolute atomic E-state index is 9.16. The molecule has 0 fully saturated rings. The van der Waals surface area contributed by atoms with Gasteiger partial charge in [0.05, 0.1) is 0 Å². The summed E-state index contributed by atoms with van der Waals surface area (Å²) in [4.78, 5) is 0. The van der Waals surface area contributed by atoms with Crippen LogP contribution in [0.3, 0.4) is 0 Å². The molecule has 9 heteroatoms. The lowest BCUT2D eigenvalue weighted by Crippen LogP contribution is -1.81. The van der Waals surface area contributed by atoms with Crippen LogP contribution < -0.4 is 0 Å². The lowest BCUT2D eigenvalue weighted by atomic mass is 11.8. The van der Waals surface area contributed by atoms with Gasteiger partial charge in [-0.25, -0.2) is 0 Å². The van der Waals surface area contributed by atoms with Gasteiger partial charge in [0.15, 0.2) is 0 Å². The van der Waals surface area contributed by atoms with E-state index < -0.39 is 11.5 Å². The Labute approximate surface area is 87.2 Å². The molecule has 0 heterocycles. The second-order valence-electron chi connectivity index (χ2n) is 0.807. The highest BCUT2D eigenvalue weighted by atomic mass is 36.0. The van der Waals surface area contributed by atoms with Crippen molar-refractivity contribution in [2.45, 2.75) is 3.25 Å². The van der Waals surface area contributed by atoms with Crippen LogP contribution in [0.1, 0.15) is 0 Å². The molecular weight excluding hydrogens is 289 g/mol. The summed E-state index contributed by atoms with van der Waals surface area (Å²) >= 11 is 19.3. The van der Waals surface area contributed by atoms with Crippen molar-refractivity contribution in [1.29, 1.82) is 0 Å². The lowest BCUT2D eigenvalue weighted by molar-refractivity contribution is 0.621. The molecule has 0 unspecified atom stereocenters. The molecule has 0 N–H and O–H groups in total. The highest BCUT2D eigenvalue weighted by Gasteiger charge is 2.11. The van der Waals surface area contributed by atoms with Crippen LogP contribution in [0.15, 0.2) is 0 Å². The fraction of sp³-hybridized carbons (Fsp3) is 1.00. The van der Waals surface area contributed by atoms with Crippen molar-refractivity contribution in [3.63, 3.8) is 0 Å². The van der Waals surface area contributed by atoms with Gasteiger partial charge in [0.25, 0.3) is 3.25 Å². The average molecular weight is 289 g/mol. The summed E-state index contributed by atoms with van der Waals surface area (Å²) in [7, 11) is 4.81. The first-order valence-electron chi connectivity index (χ1n) is 1.40. The summed E-state index contributed by atoms with van der Waals surface area (Å²) in [5, 5.41) is 0. The molecule has 64 valence electrons. The first kappa shape index (κ1) is 14.2. The van der Waals surface area contributed by atoms with Gasteiger partial charge in [0.2, 0.25) is 0 Å². The molecule has 0 rings (SSSR count). The van der Waals surface area contributed by atoms with E-state index in [1.165, 1.54) is 0 Å². The third-order valence-electron chi connectivity index (χ3n) is 0. The van der Waals surface area contributed by atoms with Gasteiger partial charge in [-0.05, 0) is 0 Å². The highest BCUT2D eigenvalue weighted by Crippen LogP contribution is 2.29. The van der Waals surface area contributed by atoms with E-state index in [2.05, 4.69) is 21.4 Å². The second kappa shape index (κ2) is 5.36. The van der Waals surface area contributed by atoms with Crippen molar-refractivity contribution in [3.8, 4) is 0 Å². The molecule has 0 aliphatic carbocycles. The van der Waals surface area contributed by atoms with E-state index in [9.17, 15) is 0 Å². The van der Waals surface area contributed by atoms with Crippen molar-refractivity contribution in [1.82, 2.24) is 0 Å². The Hall–Kier alpha value is 1.69. The number of alkyl halides is 4. The molecule has 0 atom stereocenters. The van der Waals surface area contributed by atoms with Crippen LogP contribution in [0.2, 0.25) is 0 Å². The number of halogens is 6. The lowest BCUT2D eigenvalue weighted by Gasteiger charge is -1.91. The Morgan fingerprint density at radius 1 is 0.900 bits per heavy atom. The number of hydrogen-bond donors (Lipinski definition) is 0. The zero-order valence-corrected chi connectivity index (χ0v) is 9.34. The van der Waals surface area contributed by atoms with Crippen LogP contribution in [0, 0.1) is 0 Å². The van der Waals surface area contributed by atoms with Crippen molar-refractivity contribution < 1.29 is 8.42 Å². The predicted molar refractivity (Wildman–Crippen MR) is 46.8 cm³/mol. The highest BCUT2D eigenvalue weighted by molar-refractivity contribution is 8.31. The summed E-state index contributed by atoms with van der Waals surface area (Å²) < 4.78 is 16.7. The van der Waals surface area contributed by atoms with Gasteiger partial charge < -0.3 is 0 Å². The van der Waals surface area contributed by atoms with Crippen LogP contribution in [0.4, 0.5) is 0 Å². The standard InChI is InChI=1S/CCl4.Cl2O2S/c2-1(3,4)5;1-5(2,3)4. The molecule has 10 heavy (non-hydrogen) atoms. The Morgan fingerprint density at radius 2 is 0.900 bits per heavy atom. The van der Waals surface area contributed by atoms with Gasteiger partial charge in [-0.3, -0.25) is 0 Å². The maximum atomic E-state index is 9.16. The molecule has 0 bridgehead atoms. The van der Waals surface area contributed by atoms with Crippen molar-refractivity contribution in [2.24, 2.45) is 0 Å². The summed E-state index contributed by atoms with van der Waals surface area (Å²) in [5.41, 5.74) is 0. The zero-order valence-electron chi connectivity index (χ0n) is 3.99. The molecule has 0 aromatic carbocycles. The minimum atomic E-state index is -3.72. The second-order valence-corrected chi connectivity index (χ2v) is 7.90. The summed E-state index contributed by atoms with van der Waals surface area (Å²) in [6.45, 7) is 0. The van der Waals surface area contributed by atoms with Crippen LogP contribution >= 0.6 is 67.8 Å². The van der Waals surface area contributed by atoms with Crippen LogP contribution in [-0.2, 0) is 8.26 Å². The molecule has 0 saturated heterocycles. The molecular formula is CCl6O2S. The van der Waals surface area contributed by atoms with E-state index >= 15 is 0 Å². The summed E-state index contributed by atoms with van der Waals surface area (Å²) in [6.07, 6.45) is 0. The van der Waals surface area contributed by atoms with E-state index in [4.69, 9.17) is 54.8 Å². The Balaban J connectivity index is 0. The SMILES string of the molecule is ClC(Cl)(Cl)Cl.O=S(=O)(Cl)Cl. The third kappa shape index (κ3) is 256. The third-order valence-corrected chi connectivity index (χ3v) is 0. The van der Waals surface area contributed by atoms with Crippen molar-refractivity contribution in [3.05, 3.63) is 0 Å². The molecule has 0 aliphatic rings. The van der Waals surface area contributed by atoms with Crippen LogP contribution in [-0.4, -0.2) is 11.7 Å². The molecule has 0 saturated carbocycles. The van der Waals surface area contributed by atoms with Crippen LogP contribution in [0.25, 0.3) is 0 Å². The van der Waals surface area contributed by atoms with Gasteiger partial charge in [0.1, 0.15) is 0 Å². The quantitative estimate of drug-likeness (QED) is 0.506. The molecule has 0 spiro atoms. The van der Waals surface area contributed by atoms with Gasteiger partial charge in [-0.2, -0.15) is 8.42 Å². The molecule has 0 radical (unpaired) electrons. The van der Waals surface area contributed by atoms with Gasteiger partial charge in [0, 0.05) is 21.4 Å². The molecule has 2 nitrogen and oxygen atoms in total. The smallest absolute Gasteiger partial charge is 0.195 e. The fourth-order valence-corrected chi connectivity index (χ4v) is 0. The molecule has 0 aromatic heterocycles. The van der Waals surface area contributed by atoms with E-state index in [-0.39, 0.29) is 0 Å². The first-order chi connectivity index (χ1) is 4.00. The largest absolute Gasteiger partial charge is 0.317 e. The first-order valence-corrected chi connectivity index (χ1v) is 6.05. The minimum absolute atomic E-state index is 1.61. The fourth-order valence-electron chi connectivity index (χ4n) is 0. The predicted octanol–water partition coefficient (Wildman–Crippen LogP) is 3.26. The van der Waals surface area contributed by atoms with Crippen molar-refractivity contribution in [2.75, 3.05) is 0 Å². The zero-order chi connectivity index (χ0) is 9.00. The average Bonchev–Trinajstić information content (AvgIpc) is 1.12. The van der Waals surface area contributed by atoms with E-state index in [1.54, 1.807) is 0 Å². The van der Waals surface area contributed by atoms with E-state index in [1.807, 2.05) is 0 Å². The number of hydrogen-bond acceptors (Lipinski definition) is 2. The van der Waals surface area contributed by atoms with E-state index in [0.717, 1.165) is 0 Å². The topological polar surface area (TPSA) is 34.1 Å². The molecule has 0 aliphatic heterocycles. The van der Waals surface area contributed by atoms with Gasteiger partial charge >= 0.3 is 8.26 Å². The van der Waals surface area contributed by atoms with Gasteiger partial charge in [-0.15, -0.1) is 0 Å². The normalized spacial score (nSPS) is 11.8. The van der Waals surface area contributed by atoms with Crippen molar-refractivity contribution >= 4 is 76.0 Å². The summed E-state index contributed by atoms with van der Waals surface area (Å²) in [5.74, 6) is 0. The van der Waals surface area contributed by atoms with Crippen LogP contribution in [0.5, 0.6) is 0 Å². The summed E-state index contributed by atoms with van der Waals surface area (Å²) in [6, 6.07) is 0. The molecule has 0 aromatic rings. The maximum Gasteiger partial charge on any atom is 0.317 e. The Morgan fingerprint density at radius 3 is 0.900 bits per heavy atom. The molecule has 0 amide bonds. The van der Waals surface area contributed by atoms with Gasteiger partial charge in [-0.1, -0.05) is 46.4 Å². The Kier molecular flexibility index (Phi) is 7.62.